The lowest BCUT2D eigenvalue weighted by atomic mass is 10.0. The van der Waals surface area contributed by atoms with Crippen LogP contribution in [0.25, 0.3) is 0 Å². The molecule has 1 aromatic rings. The molecule has 0 saturated carbocycles. The van der Waals surface area contributed by atoms with E-state index < -0.39 is 6.03 Å². The van der Waals surface area contributed by atoms with Crippen molar-refractivity contribution in [3.63, 3.8) is 0 Å². The minimum atomic E-state index is -0.417. The second-order valence-corrected chi connectivity index (χ2v) is 5.27. The van der Waals surface area contributed by atoms with Gasteiger partial charge in [-0.2, -0.15) is 0 Å². The van der Waals surface area contributed by atoms with Crippen molar-refractivity contribution in [2.45, 2.75) is 26.2 Å². The third-order valence-electron chi connectivity index (χ3n) is 3.63. The average Bonchev–Trinajstić information content (AvgIpc) is 2.78. The molecule has 21 heavy (non-hydrogen) atoms. The van der Waals surface area contributed by atoms with E-state index in [0.717, 1.165) is 29.7 Å². The number of carbonyl (C=O) groups excluding carboxylic acids is 2. The van der Waals surface area contributed by atoms with Crippen LogP contribution in [0.1, 0.15) is 24.8 Å². The average molecular weight is 283 g/mol. The van der Waals surface area contributed by atoms with E-state index in [9.17, 15) is 9.59 Å². The summed E-state index contributed by atoms with van der Waals surface area (Å²) < 4.78 is 0. The molecule has 0 spiro atoms. The van der Waals surface area contributed by atoms with E-state index in [2.05, 4.69) is 10.7 Å². The normalized spacial score (nSPS) is 17.0. The molecule has 0 radical (unpaired) electrons. The van der Waals surface area contributed by atoms with Crippen molar-refractivity contribution in [2.24, 2.45) is 0 Å². The molecule has 3 amide bonds. The van der Waals surface area contributed by atoms with E-state index >= 15 is 0 Å². The first-order valence-electron chi connectivity index (χ1n) is 6.99. The van der Waals surface area contributed by atoms with E-state index in [1.54, 1.807) is 0 Å². The molecule has 2 N–H and O–H groups in total. The van der Waals surface area contributed by atoms with E-state index in [4.69, 9.17) is 0 Å². The first kappa shape index (κ1) is 13.4. The van der Waals surface area contributed by atoms with E-state index in [1.807, 2.05) is 43.3 Å². The Morgan fingerprint density at radius 2 is 2.00 bits per heavy atom. The number of nitrogens with zero attached hydrogens (tertiary/aromatic N) is 1. The Balaban J connectivity index is 1.67. The quantitative estimate of drug-likeness (QED) is 0.876. The molecule has 0 unspecified atom stereocenters. The van der Waals surface area contributed by atoms with Gasteiger partial charge in [0.1, 0.15) is 0 Å². The molecule has 0 saturated heterocycles. The van der Waals surface area contributed by atoms with Gasteiger partial charge in [-0.15, -0.1) is 0 Å². The highest BCUT2D eigenvalue weighted by atomic mass is 16.2. The highest BCUT2D eigenvalue weighted by molar-refractivity contribution is 5.93. The molecule has 108 valence electrons. The predicted molar refractivity (Wildman–Crippen MR) is 80.2 cm³/mol. The fraction of sp³-hybridized carbons (Fsp3) is 0.250. The Morgan fingerprint density at radius 3 is 2.76 bits per heavy atom. The standard InChI is InChI=1S/C16H17N3O2/c1-11-6-8-13(9-7-11)17-16(21)18-19-14-5-3-2-4-12(14)10-15(19)20/h3,5-9H,2,4,10H2,1H3,(H2,17,18,21). The van der Waals surface area contributed by atoms with Crippen LogP contribution < -0.4 is 10.7 Å². The van der Waals surface area contributed by atoms with Crippen LogP contribution in [-0.2, 0) is 4.79 Å². The Labute approximate surface area is 123 Å². The molecule has 0 fully saturated rings. The van der Waals surface area contributed by atoms with E-state index in [0.29, 0.717) is 12.1 Å². The summed E-state index contributed by atoms with van der Waals surface area (Å²) in [5.41, 5.74) is 6.34. The minimum Gasteiger partial charge on any atom is -0.307 e. The van der Waals surface area contributed by atoms with Gasteiger partial charge in [0.05, 0.1) is 12.1 Å². The number of carbonyl (C=O) groups is 2. The van der Waals surface area contributed by atoms with E-state index in [-0.39, 0.29) is 5.91 Å². The van der Waals surface area contributed by atoms with Gasteiger partial charge in [-0.3, -0.25) is 4.79 Å². The van der Waals surface area contributed by atoms with Crippen molar-refractivity contribution in [1.82, 2.24) is 10.4 Å². The number of rotatable bonds is 2. The molecular weight excluding hydrogens is 266 g/mol. The Kier molecular flexibility index (Phi) is 3.48. The zero-order chi connectivity index (χ0) is 14.8. The van der Waals surface area contributed by atoms with Gasteiger partial charge in [-0.05, 0) is 43.5 Å². The zero-order valence-corrected chi connectivity index (χ0v) is 11.8. The maximum absolute atomic E-state index is 12.0. The number of urea groups is 1. The first-order valence-corrected chi connectivity index (χ1v) is 6.99. The van der Waals surface area contributed by atoms with Crippen molar-refractivity contribution in [3.05, 3.63) is 53.3 Å². The molecule has 5 nitrogen and oxygen atoms in total. The smallest absolute Gasteiger partial charge is 0.307 e. The molecule has 1 aromatic carbocycles. The summed E-state index contributed by atoms with van der Waals surface area (Å²) in [6.45, 7) is 1.98. The summed E-state index contributed by atoms with van der Waals surface area (Å²) >= 11 is 0. The summed E-state index contributed by atoms with van der Waals surface area (Å²) in [4.78, 5) is 24.0. The van der Waals surface area contributed by atoms with Gasteiger partial charge in [0.15, 0.2) is 0 Å². The molecule has 1 aliphatic carbocycles. The summed E-state index contributed by atoms with van der Waals surface area (Å²) in [6, 6.07) is 7.07. The molecule has 1 heterocycles. The number of amides is 3. The second kappa shape index (κ2) is 5.44. The van der Waals surface area contributed by atoms with E-state index in [1.165, 1.54) is 5.01 Å². The summed E-state index contributed by atoms with van der Waals surface area (Å²) in [7, 11) is 0. The molecule has 0 aromatic heterocycles. The van der Waals surface area contributed by atoms with Crippen LogP contribution in [0.2, 0.25) is 0 Å². The van der Waals surface area contributed by atoms with Gasteiger partial charge in [-0.1, -0.05) is 23.8 Å². The van der Waals surface area contributed by atoms with Gasteiger partial charge in [-0.25, -0.2) is 15.2 Å². The van der Waals surface area contributed by atoms with Crippen molar-refractivity contribution in [1.29, 1.82) is 0 Å². The lowest BCUT2D eigenvalue weighted by molar-refractivity contribution is -0.128. The molecule has 1 aliphatic heterocycles. The third-order valence-corrected chi connectivity index (χ3v) is 3.63. The fourth-order valence-corrected chi connectivity index (χ4v) is 2.53. The highest BCUT2D eigenvalue weighted by Gasteiger charge is 2.30. The Morgan fingerprint density at radius 1 is 1.24 bits per heavy atom. The highest BCUT2D eigenvalue weighted by Crippen LogP contribution is 2.30. The Hall–Kier alpha value is -2.56. The van der Waals surface area contributed by atoms with Gasteiger partial charge >= 0.3 is 6.03 Å². The maximum Gasteiger partial charge on any atom is 0.338 e. The van der Waals surface area contributed by atoms with Gasteiger partial charge in [0, 0.05) is 5.69 Å². The number of hydrazine groups is 1. The van der Waals surface area contributed by atoms with Crippen LogP contribution >= 0.6 is 0 Å². The molecule has 0 bridgehead atoms. The van der Waals surface area contributed by atoms with Gasteiger partial charge in [0.2, 0.25) is 5.91 Å². The maximum atomic E-state index is 12.0. The third kappa shape index (κ3) is 2.81. The van der Waals surface area contributed by atoms with Crippen molar-refractivity contribution in [3.8, 4) is 0 Å². The molecule has 0 atom stereocenters. The van der Waals surface area contributed by atoms with Crippen molar-refractivity contribution < 1.29 is 9.59 Å². The summed E-state index contributed by atoms with van der Waals surface area (Å²) in [6.07, 6.45) is 6.15. The molecule has 3 rings (SSSR count). The lowest BCUT2D eigenvalue weighted by Gasteiger charge is -2.21. The summed E-state index contributed by atoms with van der Waals surface area (Å²) in [5.74, 6) is -0.0920. The van der Waals surface area contributed by atoms with Crippen LogP contribution in [0.15, 0.2) is 47.7 Å². The molecule has 2 aliphatic rings. The van der Waals surface area contributed by atoms with Crippen LogP contribution in [0.4, 0.5) is 10.5 Å². The zero-order valence-electron chi connectivity index (χ0n) is 11.8. The van der Waals surface area contributed by atoms with Gasteiger partial charge < -0.3 is 5.32 Å². The number of allylic oxidation sites excluding steroid dienone is 2. The topological polar surface area (TPSA) is 61.4 Å². The number of anilines is 1. The number of aryl methyl sites for hydroxylation is 1. The minimum absolute atomic E-state index is 0.0920. The Bertz CT molecular complexity index is 644. The van der Waals surface area contributed by atoms with Crippen LogP contribution in [0.5, 0.6) is 0 Å². The molecular formula is C16H17N3O2. The van der Waals surface area contributed by atoms with Gasteiger partial charge in [0.25, 0.3) is 0 Å². The predicted octanol–water partition coefficient (Wildman–Crippen LogP) is 2.87. The number of nitrogens with one attached hydrogen (secondary N) is 2. The largest absolute Gasteiger partial charge is 0.338 e. The monoisotopic (exact) mass is 283 g/mol. The van der Waals surface area contributed by atoms with Crippen LogP contribution in [0.3, 0.4) is 0 Å². The number of hydrogen-bond acceptors (Lipinski definition) is 2. The number of hydrogen-bond donors (Lipinski definition) is 2. The summed E-state index contributed by atoms with van der Waals surface area (Å²) in [5, 5.41) is 4.06. The van der Waals surface area contributed by atoms with Crippen LogP contribution in [-0.4, -0.2) is 16.9 Å². The number of benzene rings is 1. The molecule has 5 heteroatoms. The van der Waals surface area contributed by atoms with Crippen molar-refractivity contribution >= 4 is 17.6 Å². The van der Waals surface area contributed by atoms with Crippen LogP contribution in [0, 0.1) is 6.92 Å². The lowest BCUT2D eigenvalue weighted by Crippen LogP contribution is -2.44. The first-order chi connectivity index (χ1) is 10.1. The fourth-order valence-electron chi connectivity index (χ4n) is 2.53. The van der Waals surface area contributed by atoms with Crippen molar-refractivity contribution in [2.75, 3.05) is 5.32 Å². The SMILES string of the molecule is Cc1ccc(NC(=O)NN2C(=O)CC3=C2C=CCC3)cc1. The second-order valence-electron chi connectivity index (χ2n) is 5.27.